The zero-order valence-corrected chi connectivity index (χ0v) is 12.9. The van der Waals surface area contributed by atoms with Gasteiger partial charge in [-0.1, -0.05) is 41.4 Å². The molecule has 0 radical (unpaired) electrons. The second kappa shape index (κ2) is 5.54. The van der Waals surface area contributed by atoms with Crippen LogP contribution in [0.15, 0.2) is 40.9 Å². The molecule has 0 bridgehead atoms. The molecular weight excluding hydrogens is 298 g/mol. The molecule has 0 saturated heterocycles. The Hall–Kier alpha value is -1.02. The van der Waals surface area contributed by atoms with E-state index in [0.717, 1.165) is 10.4 Å². The van der Waals surface area contributed by atoms with Gasteiger partial charge in [0.2, 0.25) is 0 Å². The Morgan fingerprint density at radius 3 is 2.68 bits per heavy atom. The molecule has 2 unspecified atom stereocenters. The summed E-state index contributed by atoms with van der Waals surface area (Å²) < 4.78 is 1.14. The Morgan fingerprint density at radius 2 is 1.89 bits per heavy atom. The third-order valence-electron chi connectivity index (χ3n) is 4.29. The van der Waals surface area contributed by atoms with Crippen LogP contribution in [0.25, 0.3) is 10.8 Å². The predicted molar refractivity (Wildman–Crippen MR) is 86.7 cm³/mol. The van der Waals surface area contributed by atoms with Crippen molar-refractivity contribution in [2.24, 2.45) is 5.92 Å². The van der Waals surface area contributed by atoms with Crippen LogP contribution in [0, 0.1) is 5.92 Å². The van der Waals surface area contributed by atoms with Crippen LogP contribution in [-0.4, -0.2) is 6.04 Å². The highest BCUT2D eigenvalue weighted by Crippen LogP contribution is 2.31. The smallest absolute Gasteiger partial charge is 0.0348 e. The van der Waals surface area contributed by atoms with E-state index in [1.807, 2.05) is 0 Å². The van der Waals surface area contributed by atoms with Crippen LogP contribution in [0.4, 0.5) is 5.69 Å². The van der Waals surface area contributed by atoms with Crippen LogP contribution in [0.2, 0.25) is 0 Å². The zero-order chi connectivity index (χ0) is 13.2. The minimum absolute atomic E-state index is 0.665. The highest BCUT2D eigenvalue weighted by atomic mass is 79.9. The van der Waals surface area contributed by atoms with Crippen LogP contribution in [0.5, 0.6) is 0 Å². The number of fused-ring (bicyclic) bond motifs is 1. The molecule has 1 aliphatic carbocycles. The van der Waals surface area contributed by atoms with Crippen LogP contribution in [0.3, 0.4) is 0 Å². The van der Waals surface area contributed by atoms with Crippen LogP contribution in [0.1, 0.15) is 32.6 Å². The van der Waals surface area contributed by atoms with E-state index in [1.165, 1.54) is 42.1 Å². The summed E-state index contributed by atoms with van der Waals surface area (Å²) in [4.78, 5) is 0. The van der Waals surface area contributed by atoms with Gasteiger partial charge in [0, 0.05) is 16.2 Å². The molecule has 2 aromatic carbocycles. The van der Waals surface area contributed by atoms with Crippen LogP contribution < -0.4 is 5.32 Å². The first kappa shape index (κ1) is 13.0. The fourth-order valence-corrected chi connectivity index (χ4v) is 3.50. The molecule has 0 spiro atoms. The molecule has 1 aliphatic rings. The van der Waals surface area contributed by atoms with Gasteiger partial charge in [-0.05, 0) is 60.2 Å². The SMILES string of the molecule is CCC1CCC(Nc2ccc3cc(Br)ccc3c2)C1. The Balaban J connectivity index is 1.77. The van der Waals surface area contributed by atoms with Crippen molar-refractivity contribution in [1.82, 2.24) is 0 Å². The molecular formula is C17H20BrN. The van der Waals surface area contributed by atoms with Gasteiger partial charge in [-0.2, -0.15) is 0 Å². The van der Waals surface area contributed by atoms with E-state index in [1.54, 1.807) is 0 Å². The van der Waals surface area contributed by atoms with Gasteiger partial charge in [0.05, 0.1) is 0 Å². The van der Waals surface area contributed by atoms with Crippen LogP contribution >= 0.6 is 15.9 Å². The van der Waals surface area contributed by atoms with E-state index in [0.29, 0.717) is 6.04 Å². The van der Waals surface area contributed by atoms with Gasteiger partial charge in [-0.15, -0.1) is 0 Å². The van der Waals surface area contributed by atoms with Gasteiger partial charge in [0.15, 0.2) is 0 Å². The maximum atomic E-state index is 3.70. The third-order valence-corrected chi connectivity index (χ3v) is 4.78. The first-order valence-corrected chi connectivity index (χ1v) is 8.00. The lowest BCUT2D eigenvalue weighted by atomic mass is 10.1. The average molecular weight is 318 g/mol. The van der Waals surface area contributed by atoms with Crippen molar-refractivity contribution < 1.29 is 0 Å². The maximum absolute atomic E-state index is 3.70. The predicted octanol–water partition coefficient (Wildman–Crippen LogP) is 5.59. The summed E-state index contributed by atoms with van der Waals surface area (Å²) in [6.07, 6.45) is 5.35. The van der Waals surface area contributed by atoms with E-state index in [2.05, 4.69) is 64.6 Å². The van der Waals surface area contributed by atoms with Gasteiger partial charge < -0.3 is 5.32 Å². The summed E-state index contributed by atoms with van der Waals surface area (Å²) in [5.74, 6) is 0.925. The topological polar surface area (TPSA) is 12.0 Å². The van der Waals surface area contributed by atoms with Crippen molar-refractivity contribution in [3.05, 3.63) is 40.9 Å². The number of rotatable bonds is 3. The minimum Gasteiger partial charge on any atom is -0.382 e. The molecule has 3 rings (SSSR count). The monoisotopic (exact) mass is 317 g/mol. The molecule has 1 fully saturated rings. The van der Waals surface area contributed by atoms with E-state index in [-0.39, 0.29) is 0 Å². The lowest BCUT2D eigenvalue weighted by Crippen LogP contribution is -2.15. The minimum atomic E-state index is 0.665. The van der Waals surface area contributed by atoms with Crippen molar-refractivity contribution in [2.45, 2.75) is 38.6 Å². The van der Waals surface area contributed by atoms with Crippen molar-refractivity contribution in [2.75, 3.05) is 5.32 Å². The van der Waals surface area contributed by atoms with E-state index in [9.17, 15) is 0 Å². The van der Waals surface area contributed by atoms with E-state index in [4.69, 9.17) is 0 Å². The first-order chi connectivity index (χ1) is 9.24. The second-order valence-corrected chi connectivity index (χ2v) is 6.55. The fraction of sp³-hybridized carbons (Fsp3) is 0.412. The van der Waals surface area contributed by atoms with Gasteiger partial charge in [0.25, 0.3) is 0 Å². The quantitative estimate of drug-likeness (QED) is 0.777. The Labute approximate surface area is 123 Å². The summed E-state index contributed by atoms with van der Waals surface area (Å²) in [7, 11) is 0. The summed E-state index contributed by atoms with van der Waals surface area (Å²) in [5.41, 5.74) is 1.26. The van der Waals surface area contributed by atoms with Crippen molar-refractivity contribution in [1.29, 1.82) is 0 Å². The lowest BCUT2D eigenvalue weighted by Gasteiger charge is -2.15. The normalized spacial score (nSPS) is 22.8. The summed E-state index contributed by atoms with van der Waals surface area (Å²) in [6, 6.07) is 13.8. The van der Waals surface area contributed by atoms with Crippen molar-refractivity contribution in [3.63, 3.8) is 0 Å². The molecule has 0 aliphatic heterocycles. The molecule has 1 nitrogen and oxygen atoms in total. The Kier molecular flexibility index (Phi) is 3.79. The lowest BCUT2D eigenvalue weighted by molar-refractivity contribution is 0.525. The molecule has 0 heterocycles. The number of nitrogens with one attached hydrogen (secondary N) is 1. The van der Waals surface area contributed by atoms with E-state index < -0.39 is 0 Å². The van der Waals surface area contributed by atoms with Crippen molar-refractivity contribution in [3.8, 4) is 0 Å². The maximum Gasteiger partial charge on any atom is 0.0348 e. The summed E-state index contributed by atoms with van der Waals surface area (Å²) in [6.45, 7) is 2.31. The summed E-state index contributed by atoms with van der Waals surface area (Å²) in [5, 5.41) is 6.29. The highest BCUT2D eigenvalue weighted by Gasteiger charge is 2.22. The molecule has 0 aromatic heterocycles. The number of hydrogen-bond acceptors (Lipinski definition) is 1. The number of benzene rings is 2. The second-order valence-electron chi connectivity index (χ2n) is 5.63. The molecule has 100 valence electrons. The van der Waals surface area contributed by atoms with Crippen molar-refractivity contribution >= 4 is 32.4 Å². The number of anilines is 1. The largest absolute Gasteiger partial charge is 0.382 e. The van der Waals surface area contributed by atoms with E-state index >= 15 is 0 Å². The molecule has 2 atom stereocenters. The Morgan fingerprint density at radius 1 is 1.11 bits per heavy atom. The average Bonchev–Trinajstić information content (AvgIpc) is 2.86. The first-order valence-electron chi connectivity index (χ1n) is 7.20. The molecule has 19 heavy (non-hydrogen) atoms. The third kappa shape index (κ3) is 2.94. The van der Waals surface area contributed by atoms with Gasteiger partial charge in [-0.3, -0.25) is 0 Å². The Bertz CT molecular complexity index is 578. The molecule has 1 saturated carbocycles. The number of halogens is 1. The zero-order valence-electron chi connectivity index (χ0n) is 11.3. The summed E-state index contributed by atoms with van der Waals surface area (Å²) >= 11 is 3.52. The van der Waals surface area contributed by atoms with Crippen LogP contribution in [-0.2, 0) is 0 Å². The number of hydrogen-bond donors (Lipinski definition) is 1. The van der Waals surface area contributed by atoms with Gasteiger partial charge in [-0.25, -0.2) is 0 Å². The molecule has 2 heteroatoms. The molecule has 0 amide bonds. The molecule has 2 aromatic rings. The highest BCUT2D eigenvalue weighted by molar-refractivity contribution is 9.10. The van der Waals surface area contributed by atoms with Gasteiger partial charge >= 0.3 is 0 Å². The molecule has 1 N–H and O–H groups in total. The van der Waals surface area contributed by atoms with Gasteiger partial charge in [0.1, 0.15) is 0 Å². The standard InChI is InChI=1S/C17H20BrN/c1-2-12-3-7-16(9-12)19-17-8-5-13-10-15(18)6-4-14(13)11-17/h4-6,8,10-12,16,19H,2-3,7,9H2,1H3. The fourth-order valence-electron chi connectivity index (χ4n) is 3.12.